The van der Waals surface area contributed by atoms with E-state index in [1.54, 1.807) is 18.2 Å². The lowest BCUT2D eigenvalue weighted by atomic mass is 10.1. The summed E-state index contributed by atoms with van der Waals surface area (Å²) in [5, 5.41) is 0.665. The summed E-state index contributed by atoms with van der Waals surface area (Å²) in [5.41, 5.74) is 1.05. The molecule has 1 aliphatic rings. The molecule has 0 aromatic heterocycles. The van der Waals surface area contributed by atoms with Crippen LogP contribution < -0.4 is 9.47 Å². The zero-order valence-corrected chi connectivity index (χ0v) is 17.6. The number of carbonyl (C=O) groups is 1. The van der Waals surface area contributed by atoms with E-state index in [0.29, 0.717) is 41.3 Å². The van der Waals surface area contributed by atoms with E-state index in [1.165, 1.54) is 12.1 Å². The van der Waals surface area contributed by atoms with Crippen LogP contribution in [0.15, 0.2) is 36.4 Å². The fourth-order valence-corrected chi connectivity index (χ4v) is 3.55. The largest absolute Gasteiger partial charge is 0.490 e. The van der Waals surface area contributed by atoms with Gasteiger partial charge in [0.25, 0.3) is 0 Å². The van der Waals surface area contributed by atoms with Crippen molar-refractivity contribution in [2.45, 2.75) is 6.92 Å². The predicted molar refractivity (Wildman–Crippen MR) is 113 cm³/mol. The minimum atomic E-state index is -0.592. The van der Waals surface area contributed by atoms with Gasteiger partial charge in [0.05, 0.1) is 30.4 Å². The first-order valence-electron chi connectivity index (χ1n) is 8.80. The number of halogens is 2. The third-order valence-electron chi connectivity index (χ3n) is 4.14. The summed E-state index contributed by atoms with van der Waals surface area (Å²) in [5.74, 6) is 0.145. The highest BCUT2D eigenvalue weighted by atomic mass is 35.5. The summed E-state index contributed by atoms with van der Waals surface area (Å²) in [6, 6.07) is 9.87. The van der Waals surface area contributed by atoms with Crippen LogP contribution in [0.4, 0.5) is 0 Å². The zero-order valence-electron chi connectivity index (χ0n) is 15.2. The van der Waals surface area contributed by atoms with Gasteiger partial charge in [-0.2, -0.15) is 0 Å². The lowest BCUT2D eigenvalue weighted by Crippen LogP contribution is -2.40. The Morgan fingerprint density at radius 3 is 2.57 bits per heavy atom. The third-order valence-corrected chi connectivity index (χ3v) is 5.18. The van der Waals surface area contributed by atoms with E-state index >= 15 is 0 Å². The molecule has 148 valence electrons. The third kappa shape index (κ3) is 4.94. The second-order valence-corrected chi connectivity index (χ2v) is 7.24. The molecule has 1 aliphatic heterocycles. The number of rotatable bonds is 5. The standard InChI is InChI=1S/C20H19Cl2NO4S/c1-2-26-18-11-13(19(28)23-7-9-25-10-8-23)3-6-17(18)27-20(24)15-5-4-14(21)12-16(15)22/h3-6,11-12H,2,7-10H2,1H3. The maximum Gasteiger partial charge on any atom is 0.345 e. The molecule has 1 saturated heterocycles. The highest BCUT2D eigenvalue weighted by Crippen LogP contribution is 2.31. The summed E-state index contributed by atoms with van der Waals surface area (Å²) in [4.78, 5) is 15.3. The highest BCUT2D eigenvalue weighted by Gasteiger charge is 2.19. The van der Waals surface area contributed by atoms with Crippen molar-refractivity contribution in [1.29, 1.82) is 0 Å². The molecule has 0 aliphatic carbocycles. The van der Waals surface area contributed by atoms with Gasteiger partial charge in [-0.25, -0.2) is 4.79 Å². The number of esters is 1. The number of carbonyl (C=O) groups excluding carboxylic acids is 1. The van der Waals surface area contributed by atoms with Crippen LogP contribution in [0.1, 0.15) is 22.8 Å². The van der Waals surface area contributed by atoms with E-state index in [0.717, 1.165) is 18.7 Å². The number of nitrogens with zero attached hydrogens (tertiary/aromatic N) is 1. The van der Waals surface area contributed by atoms with Gasteiger partial charge in [0, 0.05) is 23.7 Å². The smallest absolute Gasteiger partial charge is 0.345 e. The summed E-state index contributed by atoms with van der Waals surface area (Å²) < 4.78 is 16.6. The molecule has 0 atom stereocenters. The summed E-state index contributed by atoms with van der Waals surface area (Å²) in [7, 11) is 0. The zero-order chi connectivity index (χ0) is 20.1. The van der Waals surface area contributed by atoms with Crippen molar-refractivity contribution in [3.63, 3.8) is 0 Å². The van der Waals surface area contributed by atoms with Crippen molar-refractivity contribution < 1.29 is 19.0 Å². The average Bonchev–Trinajstić information content (AvgIpc) is 2.69. The molecule has 0 saturated carbocycles. The maximum absolute atomic E-state index is 12.5. The molecule has 0 radical (unpaired) electrons. The molecule has 0 unspecified atom stereocenters. The quantitative estimate of drug-likeness (QED) is 0.384. The molecular formula is C20H19Cl2NO4S. The fraction of sp³-hybridized carbons (Fsp3) is 0.300. The van der Waals surface area contributed by atoms with Crippen molar-refractivity contribution in [2.75, 3.05) is 32.9 Å². The molecule has 8 heteroatoms. The first kappa shape index (κ1) is 20.9. The minimum Gasteiger partial charge on any atom is -0.490 e. The van der Waals surface area contributed by atoms with Crippen LogP contribution in [0.3, 0.4) is 0 Å². The van der Waals surface area contributed by atoms with E-state index in [1.807, 2.05) is 13.0 Å². The van der Waals surface area contributed by atoms with Crippen molar-refractivity contribution >= 4 is 46.4 Å². The van der Waals surface area contributed by atoms with Crippen molar-refractivity contribution in [3.05, 3.63) is 57.6 Å². The van der Waals surface area contributed by atoms with Gasteiger partial charge in [-0.1, -0.05) is 35.4 Å². The second kappa shape index (κ2) is 9.56. The van der Waals surface area contributed by atoms with E-state index in [4.69, 9.17) is 49.6 Å². The van der Waals surface area contributed by atoms with E-state index in [2.05, 4.69) is 4.90 Å². The number of hydrogen-bond donors (Lipinski definition) is 0. The first-order chi connectivity index (χ1) is 13.5. The Hall–Kier alpha value is -1.86. The van der Waals surface area contributed by atoms with Crippen LogP contribution >= 0.6 is 35.4 Å². The van der Waals surface area contributed by atoms with Crippen LogP contribution in [-0.2, 0) is 4.74 Å². The highest BCUT2D eigenvalue weighted by molar-refractivity contribution is 7.80. The molecule has 1 heterocycles. The molecule has 28 heavy (non-hydrogen) atoms. The van der Waals surface area contributed by atoms with Crippen LogP contribution in [0.5, 0.6) is 11.5 Å². The van der Waals surface area contributed by atoms with Gasteiger partial charge in [-0.3, -0.25) is 0 Å². The molecule has 2 aromatic rings. The molecule has 0 bridgehead atoms. The Morgan fingerprint density at radius 1 is 1.14 bits per heavy atom. The van der Waals surface area contributed by atoms with Crippen molar-refractivity contribution in [1.82, 2.24) is 4.90 Å². The Kier molecular flexibility index (Phi) is 7.13. The maximum atomic E-state index is 12.5. The number of ether oxygens (including phenoxy) is 3. The van der Waals surface area contributed by atoms with Gasteiger partial charge in [0.15, 0.2) is 11.5 Å². The number of morpholine rings is 1. The summed E-state index contributed by atoms with van der Waals surface area (Å²) in [6.45, 7) is 5.06. The normalized spacial score (nSPS) is 13.9. The SMILES string of the molecule is CCOc1cc(C(=S)N2CCOCC2)ccc1OC(=O)c1ccc(Cl)cc1Cl. The topological polar surface area (TPSA) is 48.0 Å². The number of benzene rings is 2. The average molecular weight is 440 g/mol. The van der Waals surface area contributed by atoms with Gasteiger partial charge in [-0.05, 0) is 43.3 Å². The summed E-state index contributed by atoms with van der Waals surface area (Å²) >= 11 is 17.6. The molecule has 0 N–H and O–H groups in total. The first-order valence-corrected chi connectivity index (χ1v) is 9.97. The Balaban J connectivity index is 1.82. The molecule has 5 nitrogen and oxygen atoms in total. The fourth-order valence-electron chi connectivity index (χ4n) is 2.75. The van der Waals surface area contributed by atoms with Gasteiger partial charge >= 0.3 is 5.97 Å². The van der Waals surface area contributed by atoms with Crippen LogP contribution in [0, 0.1) is 0 Å². The monoisotopic (exact) mass is 439 g/mol. The second-order valence-electron chi connectivity index (χ2n) is 6.01. The Morgan fingerprint density at radius 2 is 1.89 bits per heavy atom. The van der Waals surface area contributed by atoms with Gasteiger partial charge in [0.1, 0.15) is 4.99 Å². The molecule has 2 aromatic carbocycles. The summed E-state index contributed by atoms with van der Waals surface area (Å²) in [6.07, 6.45) is 0. The Labute approximate surface area is 179 Å². The van der Waals surface area contributed by atoms with E-state index in [9.17, 15) is 4.79 Å². The Bertz CT molecular complexity index is 885. The lowest BCUT2D eigenvalue weighted by molar-refractivity contribution is 0.0692. The number of hydrogen-bond acceptors (Lipinski definition) is 5. The van der Waals surface area contributed by atoms with Crippen LogP contribution in [0.2, 0.25) is 10.0 Å². The van der Waals surface area contributed by atoms with Crippen molar-refractivity contribution in [2.24, 2.45) is 0 Å². The molecule has 1 fully saturated rings. The van der Waals surface area contributed by atoms with Crippen molar-refractivity contribution in [3.8, 4) is 11.5 Å². The van der Waals surface area contributed by atoms with Gasteiger partial charge < -0.3 is 19.1 Å². The van der Waals surface area contributed by atoms with E-state index < -0.39 is 5.97 Å². The van der Waals surface area contributed by atoms with Crippen LogP contribution in [0.25, 0.3) is 0 Å². The minimum absolute atomic E-state index is 0.223. The van der Waals surface area contributed by atoms with Gasteiger partial charge in [-0.15, -0.1) is 0 Å². The van der Waals surface area contributed by atoms with E-state index in [-0.39, 0.29) is 10.6 Å². The lowest BCUT2D eigenvalue weighted by Gasteiger charge is -2.29. The number of thiocarbonyl (C=S) groups is 1. The molecule has 3 rings (SSSR count). The molecule has 0 amide bonds. The molecular weight excluding hydrogens is 421 g/mol. The van der Waals surface area contributed by atoms with Gasteiger partial charge in [0.2, 0.25) is 0 Å². The van der Waals surface area contributed by atoms with Crippen LogP contribution in [-0.4, -0.2) is 48.8 Å². The molecule has 0 spiro atoms. The predicted octanol–water partition coefficient (Wildman–Crippen LogP) is 4.62.